The summed E-state index contributed by atoms with van der Waals surface area (Å²) in [6.45, 7) is 4.74. The fourth-order valence-electron chi connectivity index (χ4n) is 10.2. The molecule has 2 heteroatoms. The Bertz CT molecular complexity index is 3510. The van der Waals surface area contributed by atoms with E-state index in [1.54, 1.807) is 0 Å². The van der Waals surface area contributed by atoms with Gasteiger partial charge in [-0.25, -0.2) is 0 Å². The largest absolute Gasteiger partial charge is 0.310 e. The van der Waals surface area contributed by atoms with Crippen molar-refractivity contribution in [2.75, 3.05) is 4.90 Å². The molecule has 0 spiro atoms. The van der Waals surface area contributed by atoms with Crippen molar-refractivity contribution < 1.29 is 0 Å². The molecule has 0 unspecified atom stereocenters. The Labute approximate surface area is 381 Å². The van der Waals surface area contributed by atoms with Crippen LogP contribution in [0.3, 0.4) is 0 Å². The predicted molar refractivity (Wildman–Crippen MR) is 275 cm³/mol. The second-order valence-corrected chi connectivity index (χ2v) is 17.8. The zero-order valence-corrected chi connectivity index (χ0v) is 36.5. The number of hydrogen-bond acceptors (Lipinski definition) is 1. The van der Waals surface area contributed by atoms with Gasteiger partial charge in [0.25, 0.3) is 0 Å². The quantitative estimate of drug-likeness (QED) is 0.148. The first-order chi connectivity index (χ1) is 32.0. The fourth-order valence-corrected chi connectivity index (χ4v) is 10.2. The van der Waals surface area contributed by atoms with Crippen LogP contribution in [0.4, 0.5) is 17.1 Å². The van der Waals surface area contributed by atoms with E-state index in [1.807, 2.05) is 0 Å². The van der Waals surface area contributed by atoms with Gasteiger partial charge in [-0.3, -0.25) is 0 Å². The van der Waals surface area contributed by atoms with Crippen LogP contribution in [0.15, 0.2) is 243 Å². The molecule has 0 saturated carbocycles. The summed E-state index contributed by atoms with van der Waals surface area (Å²) in [7, 11) is 0. The second kappa shape index (κ2) is 15.6. The molecule has 1 aliphatic carbocycles. The number of hydrogen-bond donors (Lipinski definition) is 0. The Morgan fingerprint density at radius 1 is 0.308 bits per heavy atom. The van der Waals surface area contributed by atoms with E-state index in [1.165, 1.54) is 88.6 Å². The van der Waals surface area contributed by atoms with E-state index in [9.17, 15) is 0 Å². The molecule has 12 rings (SSSR count). The molecular weight excluding hydrogens is 785 g/mol. The summed E-state index contributed by atoms with van der Waals surface area (Å²) in [4.78, 5) is 2.38. The Morgan fingerprint density at radius 2 is 0.677 bits per heavy atom. The van der Waals surface area contributed by atoms with Gasteiger partial charge < -0.3 is 9.47 Å². The molecule has 1 aromatic heterocycles. The van der Waals surface area contributed by atoms with Gasteiger partial charge in [-0.2, -0.15) is 0 Å². The molecule has 0 amide bonds. The van der Waals surface area contributed by atoms with E-state index in [4.69, 9.17) is 0 Å². The second-order valence-electron chi connectivity index (χ2n) is 17.8. The molecule has 1 heterocycles. The molecule has 0 bridgehead atoms. The van der Waals surface area contributed by atoms with Crippen LogP contribution < -0.4 is 4.90 Å². The van der Waals surface area contributed by atoms with Crippen molar-refractivity contribution in [1.82, 2.24) is 4.57 Å². The molecule has 10 aromatic carbocycles. The number of fused-ring (bicyclic) bond motifs is 6. The predicted octanol–water partition coefficient (Wildman–Crippen LogP) is 17.2. The van der Waals surface area contributed by atoms with Gasteiger partial charge in [0.2, 0.25) is 0 Å². The van der Waals surface area contributed by atoms with Crippen molar-refractivity contribution in [2.45, 2.75) is 19.3 Å². The standard InChI is InChI=1S/C63H46N2/c1-63(2)59-39-48(43-15-7-3-8-16-43)29-35-55(59)56-38-34-54(42-60(56)63)64(51-19-11-5-12-20-51)53-32-27-46(28-33-53)45-23-25-47(26-24-45)50-31-37-58-57-36-30-49(44-17-9-4-10-18-44)40-61(57)65(62(58)41-50)52-21-13-6-14-22-52/h3-42H,1-2H3. The lowest BCUT2D eigenvalue weighted by molar-refractivity contribution is 0.660. The number of rotatable bonds is 8. The topological polar surface area (TPSA) is 8.17 Å². The summed E-state index contributed by atoms with van der Waals surface area (Å²) < 4.78 is 2.42. The average Bonchev–Trinajstić information content (AvgIpc) is 3.82. The van der Waals surface area contributed by atoms with Crippen molar-refractivity contribution in [3.05, 3.63) is 254 Å². The van der Waals surface area contributed by atoms with Crippen LogP contribution >= 0.6 is 0 Å². The lowest BCUT2D eigenvalue weighted by Crippen LogP contribution is -2.16. The molecule has 0 aliphatic heterocycles. The molecule has 0 radical (unpaired) electrons. The summed E-state index contributed by atoms with van der Waals surface area (Å²) in [6, 6.07) is 88.7. The number of nitrogens with zero attached hydrogens (tertiary/aromatic N) is 2. The maximum atomic E-state index is 2.42. The number of anilines is 3. The van der Waals surface area contributed by atoms with Crippen LogP contribution in [0.2, 0.25) is 0 Å². The Morgan fingerprint density at radius 3 is 1.23 bits per heavy atom. The molecule has 0 fully saturated rings. The van der Waals surface area contributed by atoms with Crippen LogP contribution in [0.1, 0.15) is 25.0 Å². The van der Waals surface area contributed by atoms with Crippen LogP contribution in [0.5, 0.6) is 0 Å². The molecule has 1 aliphatic rings. The fraction of sp³-hybridized carbons (Fsp3) is 0.0476. The van der Waals surface area contributed by atoms with Gasteiger partial charge in [0, 0.05) is 38.9 Å². The van der Waals surface area contributed by atoms with Gasteiger partial charge in [-0.15, -0.1) is 0 Å². The van der Waals surface area contributed by atoms with Gasteiger partial charge >= 0.3 is 0 Å². The molecule has 2 nitrogen and oxygen atoms in total. The van der Waals surface area contributed by atoms with Crippen molar-refractivity contribution in [3.8, 4) is 61.3 Å². The lowest BCUT2D eigenvalue weighted by Gasteiger charge is -2.28. The Hall–Kier alpha value is -8.20. The zero-order valence-electron chi connectivity index (χ0n) is 36.5. The molecule has 65 heavy (non-hydrogen) atoms. The van der Waals surface area contributed by atoms with E-state index in [0.29, 0.717) is 0 Å². The van der Waals surface area contributed by atoms with E-state index in [-0.39, 0.29) is 5.41 Å². The summed E-state index contributed by atoms with van der Waals surface area (Å²) >= 11 is 0. The molecule has 308 valence electrons. The molecule has 0 atom stereocenters. The van der Waals surface area contributed by atoms with Gasteiger partial charge in [-0.05, 0) is 133 Å². The highest BCUT2D eigenvalue weighted by molar-refractivity contribution is 6.11. The SMILES string of the molecule is CC1(C)c2cc(-c3ccccc3)ccc2-c2ccc(N(c3ccccc3)c3ccc(-c4ccc(-c5ccc6c7ccc(-c8ccccc8)cc7n(-c7ccccc7)c6c5)cc4)cc3)cc21. The van der Waals surface area contributed by atoms with Gasteiger partial charge in [-0.1, -0.05) is 190 Å². The van der Waals surface area contributed by atoms with Crippen LogP contribution in [-0.4, -0.2) is 4.57 Å². The van der Waals surface area contributed by atoms with Crippen LogP contribution in [-0.2, 0) is 5.41 Å². The zero-order chi connectivity index (χ0) is 43.5. The number of benzene rings is 10. The first-order valence-corrected chi connectivity index (χ1v) is 22.6. The third-order valence-corrected chi connectivity index (χ3v) is 13.6. The first-order valence-electron chi connectivity index (χ1n) is 22.6. The monoisotopic (exact) mass is 830 g/mol. The number of aromatic nitrogens is 1. The smallest absolute Gasteiger partial charge is 0.0547 e. The van der Waals surface area contributed by atoms with Crippen LogP contribution in [0.25, 0.3) is 83.1 Å². The van der Waals surface area contributed by atoms with Crippen molar-refractivity contribution in [3.63, 3.8) is 0 Å². The summed E-state index contributed by atoms with van der Waals surface area (Å²) in [5.74, 6) is 0. The Balaban J connectivity index is 0.863. The minimum atomic E-state index is -0.150. The average molecular weight is 831 g/mol. The Kier molecular flexibility index (Phi) is 9.21. The maximum Gasteiger partial charge on any atom is 0.0547 e. The van der Waals surface area contributed by atoms with Crippen molar-refractivity contribution in [2.24, 2.45) is 0 Å². The van der Waals surface area contributed by atoms with E-state index < -0.39 is 0 Å². The summed E-state index contributed by atoms with van der Waals surface area (Å²) in [6.07, 6.45) is 0. The maximum absolute atomic E-state index is 2.42. The normalized spacial score (nSPS) is 12.6. The van der Waals surface area contributed by atoms with E-state index in [2.05, 4.69) is 266 Å². The molecule has 0 saturated heterocycles. The highest BCUT2D eigenvalue weighted by atomic mass is 15.1. The summed E-state index contributed by atoms with van der Waals surface area (Å²) in [5, 5.41) is 2.50. The van der Waals surface area contributed by atoms with Gasteiger partial charge in [0.05, 0.1) is 11.0 Å². The van der Waals surface area contributed by atoms with E-state index >= 15 is 0 Å². The van der Waals surface area contributed by atoms with Gasteiger partial charge in [0.15, 0.2) is 0 Å². The highest BCUT2D eigenvalue weighted by Gasteiger charge is 2.36. The number of para-hydroxylation sites is 2. The third-order valence-electron chi connectivity index (χ3n) is 13.6. The molecule has 11 aromatic rings. The lowest BCUT2D eigenvalue weighted by atomic mass is 9.81. The van der Waals surface area contributed by atoms with E-state index in [0.717, 1.165) is 22.7 Å². The minimum Gasteiger partial charge on any atom is -0.310 e. The third kappa shape index (κ3) is 6.65. The minimum absolute atomic E-state index is 0.150. The van der Waals surface area contributed by atoms with Crippen LogP contribution in [0, 0.1) is 0 Å². The van der Waals surface area contributed by atoms with Crippen molar-refractivity contribution >= 4 is 38.9 Å². The van der Waals surface area contributed by atoms with Crippen molar-refractivity contribution in [1.29, 1.82) is 0 Å². The van der Waals surface area contributed by atoms with Gasteiger partial charge in [0.1, 0.15) is 0 Å². The highest BCUT2D eigenvalue weighted by Crippen LogP contribution is 2.52. The first kappa shape index (κ1) is 38.5. The molecule has 0 N–H and O–H groups in total. The summed E-state index contributed by atoms with van der Waals surface area (Å²) in [5.41, 5.74) is 21.9. The molecular formula is C63H46N2.